The SMILES string of the molecule is CCCC(C)N1Cc2cc(N3CCN(c4ccc(-n5cnc6ccc(Oc7c(F)ccc(NS(=O)(=O)N8CCC(F)C8)c7C#N)cc6c5=O)cc4)CC3)ccc2C1=O. The minimum atomic E-state index is -4.23. The van der Waals surface area contributed by atoms with Gasteiger partial charge in [-0.2, -0.15) is 18.0 Å². The van der Waals surface area contributed by atoms with Crippen molar-refractivity contribution >= 4 is 44.1 Å². The van der Waals surface area contributed by atoms with E-state index >= 15 is 4.39 Å². The van der Waals surface area contributed by atoms with Gasteiger partial charge in [-0.15, -0.1) is 0 Å². The summed E-state index contributed by atoms with van der Waals surface area (Å²) in [7, 11) is -4.23. The van der Waals surface area contributed by atoms with E-state index in [4.69, 9.17) is 4.74 Å². The predicted octanol–water partition coefficient (Wildman–Crippen LogP) is 6.36. The molecule has 2 atom stereocenters. The van der Waals surface area contributed by atoms with Gasteiger partial charge in [0.15, 0.2) is 11.6 Å². The molecular formula is C42H42F2N8O5S. The maximum atomic E-state index is 15.1. The number of benzene rings is 4. The summed E-state index contributed by atoms with van der Waals surface area (Å²) in [6.07, 6.45) is 2.19. The summed E-state index contributed by atoms with van der Waals surface area (Å²) in [5, 5.41) is 10.1. The third-order valence-corrected chi connectivity index (χ3v) is 12.6. The monoisotopic (exact) mass is 808 g/mol. The normalized spacial score (nSPS) is 17.7. The van der Waals surface area contributed by atoms with Gasteiger partial charge < -0.3 is 19.4 Å². The molecule has 2 fully saturated rings. The van der Waals surface area contributed by atoms with Crippen LogP contribution in [-0.2, 0) is 16.8 Å². The van der Waals surface area contributed by atoms with Crippen LogP contribution < -0.4 is 24.8 Å². The molecule has 13 nitrogen and oxygen atoms in total. The van der Waals surface area contributed by atoms with Gasteiger partial charge in [0.25, 0.3) is 11.5 Å². The molecule has 2 saturated heterocycles. The largest absolute Gasteiger partial charge is 0.453 e. The Hall–Kier alpha value is -6.05. The van der Waals surface area contributed by atoms with Gasteiger partial charge in [-0.3, -0.25) is 18.9 Å². The average molecular weight is 809 g/mol. The standard InChI is InChI=1S/C42H42F2N8O5S/c1-3-4-27(2)51-24-28-21-32(9-11-34(28)41(51)53)49-19-17-48(18-20-49)30-5-7-31(8-6-30)52-26-46-38-13-10-33(22-35(38)42(52)54)57-40-36(23-45)39(14-12-37(40)44)47-58(55,56)50-16-15-29(43)25-50/h5-14,21-22,26-27,29,47H,3-4,15-20,24-25H2,1-2H3. The van der Waals surface area contributed by atoms with E-state index < -0.39 is 39.1 Å². The number of ether oxygens (including phenoxy) is 1. The summed E-state index contributed by atoms with van der Waals surface area (Å²) >= 11 is 0. The van der Waals surface area contributed by atoms with E-state index in [1.165, 1.54) is 29.1 Å². The number of anilines is 3. The molecule has 0 radical (unpaired) electrons. The lowest BCUT2D eigenvalue weighted by atomic mass is 10.1. The topological polar surface area (TPSA) is 144 Å². The summed E-state index contributed by atoms with van der Waals surface area (Å²) in [5.74, 6) is -1.34. The van der Waals surface area contributed by atoms with Crippen LogP contribution in [0.4, 0.5) is 25.8 Å². The second kappa shape index (κ2) is 15.7. The zero-order valence-corrected chi connectivity index (χ0v) is 32.9. The number of aromatic nitrogens is 2. The Morgan fingerprint density at radius 3 is 2.34 bits per heavy atom. The van der Waals surface area contributed by atoms with Crippen LogP contribution in [0.1, 0.15) is 54.6 Å². The maximum absolute atomic E-state index is 15.1. The highest BCUT2D eigenvalue weighted by Crippen LogP contribution is 2.35. The molecule has 1 aromatic heterocycles. The van der Waals surface area contributed by atoms with Crippen molar-refractivity contribution in [2.45, 2.75) is 51.9 Å². The molecule has 8 rings (SSSR count). The van der Waals surface area contributed by atoms with Gasteiger partial charge >= 0.3 is 10.2 Å². The van der Waals surface area contributed by atoms with Crippen molar-refractivity contribution in [2.24, 2.45) is 0 Å². The minimum Gasteiger partial charge on any atom is -0.453 e. The Kier molecular flexibility index (Phi) is 10.5. The molecule has 58 heavy (non-hydrogen) atoms. The first-order valence-electron chi connectivity index (χ1n) is 19.3. The van der Waals surface area contributed by atoms with E-state index in [0.717, 1.165) is 78.0 Å². The number of hydrogen-bond donors (Lipinski definition) is 1. The number of nitriles is 1. The molecule has 1 N–H and O–H groups in total. The van der Waals surface area contributed by atoms with E-state index in [9.17, 15) is 27.7 Å². The Labute approximate surface area is 334 Å². The fraction of sp³-hybridized carbons (Fsp3) is 0.333. The third kappa shape index (κ3) is 7.43. The summed E-state index contributed by atoms with van der Waals surface area (Å²) in [5.41, 5.74) is 3.88. The van der Waals surface area contributed by atoms with Gasteiger partial charge in [0, 0.05) is 68.8 Å². The fourth-order valence-electron chi connectivity index (χ4n) is 7.93. The van der Waals surface area contributed by atoms with Crippen molar-refractivity contribution in [3.05, 3.63) is 112 Å². The minimum absolute atomic E-state index is 0.0192. The number of halogens is 2. The van der Waals surface area contributed by atoms with E-state index in [1.807, 2.05) is 41.3 Å². The molecule has 0 saturated carbocycles. The highest BCUT2D eigenvalue weighted by atomic mass is 32.2. The van der Waals surface area contributed by atoms with Gasteiger partial charge in [-0.25, -0.2) is 13.8 Å². The van der Waals surface area contributed by atoms with Gasteiger partial charge in [0.2, 0.25) is 0 Å². The second-order valence-electron chi connectivity index (χ2n) is 14.9. The molecule has 3 aliphatic heterocycles. The maximum Gasteiger partial charge on any atom is 0.301 e. The number of amides is 1. The number of nitrogens with one attached hydrogen (secondary N) is 1. The number of carbonyl (C=O) groups excluding carboxylic acids is 1. The molecule has 4 aromatic carbocycles. The number of fused-ring (bicyclic) bond motifs is 2. The lowest BCUT2D eigenvalue weighted by Crippen LogP contribution is -2.46. The van der Waals surface area contributed by atoms with Gasteiger partial charge in [0.05, 0.1) is 22.3 Å². The first-order valence-corrected chi connectivity index (χ1v) is 20.8. The lowest BCUT2D eigenvalue weighted by Gasteiger charge is -2.37. The van der Waals surface area contributed by atoms with Crippen LogP contribution in [0.3, 0.4) is 0 Å². The summed E-state index contributed by atoms with van der Waals surface area (Å²) in [6, 6.07) is 22.2. The molecule has 300 valence electrons. The molecule has 3 aliphatic rings. The van der Waals surface area contributed by atoms with Crippen LogP contribution in [0.15, 0.2) is 83.9 Å². The molecule has 4 heterocycles. The first kappa shape index (κ1) is 38.8. The Bertz CT molecular complexity index is 2610. The van der Waals surface area contributed by atoms with Crippen molar-refractivity contribution in [3.63, 3.8) is 0 Å². The number of nitrogens with zero attached hydrogens (tertiary/aromatic N) is 7. The highest BCUT2D eigenvalue weighted by molar-refractivity contribution is 7.90. The van der Waals surface area contributed by atoms with Crippen molar-refractivity contribution in [1.82, 2.24) is 18.8 Å². The smallest absolute Gasteiger partial charge is 0.301 e. The van der Waals surface area contributed by atoms with E-state index in [-0.39, 0.29) is 48.3 Å². The molecule has 1 amide bonds. The van der Waals surface area contributed by atoms with Gasteiger partial charge in [-0.05, 0) is 98.1 Å². The first-order chi connectivity index (χ1) is 27.9. The van der Waals surface area contributed by atoms with Gasteiger partial charge in [-0.1, -0.05) is 13.3 Å². The average Bonchev–Trinajstić information content (AvgIpc) is 3.82. The number of hydrogen-bond acceptors (Lipinski definition) is 9. The number of carbonyl (C=O) groups is 1. The Morgan fingerprint density at radius 2 is 1.66 bits per heavy atom. The van der Waals surface area contributed by atoms with Crippen LogP contribution in [0.25, 0.3) is 16.6 Å². The molecule has 2 unspecified atom stereocenters. The van der Waals surface area contributed by atoms with Crippen LogP contribution in [-0.4, -0.2) is 84.6 Å². The second-order valence-corrected chi connectivity index (χ2v) is 16.5. The molecule has 5 aromatic rings. The highest BCUT2D eigenvalue weighted by Gasteiger charge is 2.33. The zero-order valence-electron chi connectivity index (χ0n) is 32.1. The Morgan fingerprint density at radius 1 is 0.948 bits per heavy atom. The lowest BCUT2D eigenvalue weighted by molar-refractivity contribution is 0.0709. The van der Waals surface area contributed by atoms with Crippen molar-refractivity contribution < 1.29 is 26.7 Å². The van der Waals surface area contributed by atoms with Crippen molar-refractivity contribution in [2.75, 3.05) is 53.8 Å². The Balaban J connectivity index is 0.955. The fourth-order valence-corrected chi connectivity index (χ4v) is 9.21. The molecule has 16 heteroatoms. The number of rotatable bonds is 11. The third-order valence-electron chi connectivity index (χ3n) is 11.1. The molecule has 0 aliphatic carbocycles. The number of alkyl halides is 1. The van der Waals surface area contributed by atoms with E-state index in [1.54, 1.807) is 6.07 Å². The van der Waals surface area contributed by atoms with Crippen LogP contribution in [0.5, 0.6) is 11.5 Å². The van der Waals surface area contributed by atoms with E-state index in [0.29, 0.717) is 17.7 Å². The summed E-state index contributed by atoms with van der Waals surface area (Å²) in [4.78, 5) is 37.9. The van der Waals surface area contributed by atoms with E-state index in [2.05, 4.69) is 39.4 Å². The summed E-state index contributed by atoms with van der Waals surface area (Å²) < 4.78 is 65.0. The number of piperazine rings is 1. The zero-order chi connectivity index (χ0) is 40.7. The van der Waals surface area contributed by atoms with Gasteiger partial charge in [0.1, 0.15) is 29.9 Å². The van der Waals surface area contributed by atoms with Crippen molar-refractivity contribution in [1.29, 1.82) is 5.26 Å². The molecule has 0 spiro atoms. The summed E-state index contributed by atoms with van der Waals surface area (Å²) in [6.45, 7) is 7.73. The van der Waals surface area contributed by atoms with Crippen LogP contribution in [0, 0.1) is 17.1 Å². The van der Waals surface area contributed by atoms with Crippen molar-refractivity contribution in [3.8, 4) is 23.3 Å². The predicted molar refractivity (Wildman–Crippen MR) is 217 cm³/mol. The quantitative estimate of drug-likeness (QED) is 0.161. The van der Waals surface area contributed by atoms with Crippen LogP contribution in [0.2, 0.25) is 0 Å². The molecular weight excluding hydrogens is 767 g/mol. The van der Waals surface area contributed by atoms with Crippen LogP contribution >= 0.6 is 0 Å². The molecule has 0 bridgehead atoms.